The first-order valence-corrected chi connectivity index (χ1v) is 25.7. The van der Waals surface area contributed by atoms with Gasteiger partial charge in [0.15, 0.2) is 5.75 Å². The van der Waals surface area contributed by atoms with Crippen LogP contribution in [0.4, 0.5) is 34.1 Å². The molecule has 0 amide bonds. The van der Waals surface area contributed by atoms with Gasteiger partial charge in [-0.1, -0.05) is 196 Å². The highest BCUT2D eigenvalue weighted by molar-refractivity contribution is 6.17. The number of benzene rings is 11. The van der Waals surface area contributed by atoms with Gasteiger partial charge in [-0.3, -0.25) is 0 Å². The van der Waals surface area contributed by atoms with Crippen molar-refractivity contribution < 1.29 is 4.74 Å². The molecule has 2 heterocycles. The second-order valence-electron chi connectivity index (χ2n) is 20.4. The zero-order chi connectivity index (χ0) is 49.1. The van der Waals surface area contributed by atoms with Gasteiger partial charge in [0.25, 0.3) is 0 Å². The second kappa shape index (κ2) is 16.1. The Labute approximate surface area is 431 Å². The molecular weight excluding hydrogens is 899 g/mol. The Bertz CT molecular complexity index is 4110. The van der Waals surface area contributed by atoms with Crippen molar-refractivity contribution in [3.05, 3.63) is 294 Å². The normalized spacial score (nSPS) is 13.9. The number of para-hydroxylation sites is 5. The minimum Gasteiger partial charge on any atom is -0.454 e. The fraction of sp³-hybridized carbons (Fsp3) is 0.0571. The molecule has 0 saturated heterocycles. The van der Waals surface area contributed by atoms with Crippen LogP contribution in [0.3, 0.4) is 0 Å². The summed E-state index contributed by atoms with van der Waals surface area (Å²) in [5.74, 6) is 1.67. The third kappa shape index (κ3) is 5.91. The van der Waals surface area contributed by atoms with Crippen molar-refractivity contribution in [2.45, 2.75) is 24.7 Å². The average Bonchev–Trinajstić information content (AvgIpc) is 4.09. The van der Waals surface area contributed by atoms with Gasteiger partial charge >= 0.3 is 0 Å². The summed E-state index contributed by atoms with van der Waals surface area (Å²) in [7, 11) is 0. The SMILES string of the molecule is CC1(C)c2ccccc2-c2ccc(N(c3ccccc3)c3ccc4c(c3)Oc3c(ccc5c6cccc(N(c7ccccc7)c7ccccc7)c6n(-c6ccccc6)c35)C43c4ccccc4-c4ccccc43)cc21. The highest BCUT2D eigenvalue weighted by Crippen LogP contribution is 2.64. The Balaban J connectivity index is 1.03. The van der Waals surface area contributed by atoms with Crippen molar-refractivity contribution in [1.29, 1.82) is 0 Å². The number of fused-ring (bicyclic) bond motifs is 16. The molecule has 2 aliphatic carbocycles. The molecule has 0 saturated carbocycles. The van der Waals surface area contributed by atoms with Crippen LogP contribution in [-0.2, 0) is 10.8 Å². The molecule has 0 bridgehead atoms. The van der Waals surface area contributed by atoms with Gasteiger partial charge in [0.05, 0.1) is 22.1 Å². The lowest BCUT2D eigenvalue weighted by atomic mass is 9.66. The van der Waals surface area contributed by atoms with E-state index in [9.17, 15) is 0 Å². The summed E-state index contributed by atoms with van der Waals surface area (Å²) in [4.78, 5) is 4.79. The van der Waals surface area contributed by atoms with Crippen molar-refractivity contribution in [2.75, 3.05) is 9.80 Å². The van der Waals surface area contributed by atoms with Crippen LogP contribution in [0.5, 0.6) is 11.5 Å². The van der Waals surface area contributed by atoms with E-state index in [0.29, 0.717) is 0 Å². The summed E-state index contributed by atoms with van der Waals surface area (Å²) in [5.41, 5.74) is 21.2. The molecule has 350 valence electrons. The molecule has 11 aromatic carbocycles. The number of anilines is 6. The van der Waals surface area contributed by atoms with E-state index in [1.807, 2.05) is 0 Å². The van der Waals surface area contributed by atoms with E-state index in [1.54, 1.807) is 0 Å². The van der Waals surface area contributed by atoms with Crippen molar-refractivity contribution in [2.24, 2.45) is 0 Å². The van der Waals surface area contributed by atoms with Crippen LogP contribution in [-0.4, -0.2) is 4.57 Å². The minimum absolute atomic E-state index is 0.162. The molecule has 4 nitrogen and oxygen atoms in total. The number of aromatic nitrogens is 1. The summed E-state index contributed by atoms with van der Waals surface area (Å²) in [6.45, 7) is 4.71. The predicted octanol–water partition coefficient (Wildman–Crippen LogP) is 18.5. The van der Waals surface area contributed by atoms with Gasteiger partial charge in [-0.15, -0.1) is 0 Å². The third-order valence-electron chi connectivity index (χ3n) is 16.2. The molecule has 0 atom stereocenters. The maximum Gasteiger partial charge on any atom is 0.156 e. The van der Waals surface area contributed by atoms with Crippen LogP contribution in [0, 0.1) is 0 Å². The van der Waals surface area contributed by atoms with Crippen LogP contribution in [0.25, 0.3) is 49.7 Å². The maximum atomic E-state index is 7.82. The largest absolute Gasteiger partial charge is 0.454 e. The molecule has 0 radical (unpaired) electrons. The second-order valence-corrected chi connectivity index (χ2v) is 20.4. The number of ether oxygens (including phenoxy) is 1. The third-order valence-corrected chi connectivity index (χ3v) is 16.2. The van der Waals surface area contributed by atoms with Crippen molar-refractivity contribution in [3.63, 3.8) is 0 Å². The Kier molecular flexibility index (Phi) is 9.19. The number of nitrogens with zero attached hydrogens (tertiary/aromatic N) is 3. The van der Waals surface area contributed by atoms with Gasteiger partial charge in [-0.25, -0.2) is 0 Å². The van der Waals surface area contributed by atoms with Crippen LogP contribution in [0.1, 0.15) is 47.2 Å². The number of hydrogen-bond donors (Lipinski definition) is 0. The minimum atomic E-state index is -0.704. The van der Waals surface area contributed by atoms with Crippen LogP contribution < -0.4 is 14.5 Å². The summed E-state index contributed by atoms with van der Waals surface area (Å²) < 4.78 is 10.3. The van der Waals surface area contributed by atoms with E-state index in [1.165, 1.54) is 44.5 Å². The molecule has 12 aromatic rings. The predicted molar refractivity (Wildman–Crippen MR) is 305 cm³/mol. The lowest BCUT2D eigenvalue weighted by Crippen LogP contribution is -2.32. The van der Waals surface area contributed by atoms with Gasteiger partial charge in [-0.05, 0) is 117 Å². The summed E-state index contributed by atoms with van der Waals surface area (Å²) in [6, 6.07) is 95.4. The lowest BCUT2D eigenvalue weighted by Gasteiger charge is -2.40. The molecule has 0 unspecified atom stereocenters. The van der Waals surface area contributed by atoms with Crippen molar-refractivity contribution >= 4 is 55.9 Å². The lowest BCUT2D eigenvalue weighted by molar-refractivity contribution is 0.440. The standard InChI is InChI=1S/C70H49N3O/c1-69(2)58-34-18-15-30-52(58)55-40-38-50(44-63(55)69)71(46-22-7-3-8-23-46)51-39-42-61-65(45-51)74-68-62(70(61)59-35-19-16-31-53(59)54-32-17-20-36-60(54)70)43-41-57-56-33-21-37-64(66(56)73(67(57)68)49-28-13-6-14-29-49)72(47-24-9-4-10-25-47)48-26-11-5-12-27-48/h3-45H,1-2H3. The van der Waals surface area contributed by atoms with Gasteiger partial charge in [0.1, 0.15) is 5.75 Å². The quantitative estimate of drug-likeness (QED) is 0.159. The zero-order valence-electron chi connectivity index (χ0n) is 41.1. The van der Waals surface area contributed by atoms with E-state index >= 15 is 0 Å². The fourth-order valence-corrected chi connectivity index (χ4v) is 13.1. The zero-order valence-corrected chi connectivity index (χ0v) is 41.1. The molecule has 74 heavy (non-hydrogen) atoms. The highest BCUT2D eigenvalue weighted by Gasteiger charge is 2.52. The molecule has 0 fully saturated rings. The van der Waals surface area contributed by atoms with E-state index in [4.69, 9.17) is 4.74 Å². The smallest absolute Gasteiger partial charge is 0.156 e. The molecule has 1 spiro atoms. The highest BCUT2D eigenvalue weighted by atomic mass is 16.5. The Morgan fingerprint density at radius 1 is 0.338 bits per heavy atom. The molecular formula is C70H49N3O. The topological polar surface area (TPSA) is 20.6 Å². The summed E-state index contributed by atoms with van der Waals surface area (Å²) in [5, 5.41) is 2.26. The molecule has 1 aliphatic heterocycles. The summed E-state index contributed by atoms with van der Waals surface area (Å²) >= 11 is 0. The van der Waals surface area contributed by atoms with E-state index in [2.05, 4.69) is 289 Å². The first-order chi connectivity index (χ1) is 36.5. The Morgan fingerprint density at radius 3 is 1.46 bits per heavy atom. The van der Waals surface area contributed by atoms with E-state index in [0.717, 1.165) is 84.2 Å². The monoisotopic (exact) mass is 947 g/mol. The molecule has 4 heteroatoms. The fourth-order valence-electron chi connectivity index (χ4n) is 13.1. The first kappa shape index (κ1) is 42.3. The molecule has 15 rings (SSSR count). The van der Waals surface area contributed by atoms with Crippen molar-refractivity contribution in [1.82, 2.24) is 4.57 Å². The Hall–Kier alpha value is -9.38. The molecule has 3 aliphatic rings. The van der Waals surface area contributed by atoms with E-state index < -0.39 is 5.41 Å². The molecule has 1 aromatic heterocycles. The van der Waals surface area contributed by atoms with Crippen LogP contribution >= 0.6 is 0 Å². The number of hydrogen-bond acceptors (Lipinski definition) is 3. The number of rotatable bonds is 7. The maximum absolute atomic E-state index is 7.82. The van der Waals surface area contributed by atoms with Gasteiger partial charge < -0.3 is 19.1 Å². The van der Waals surface area contributed by atoms with Crippen molar-refractivity contribution in [3.8, 4) is 39.4 Å². The molecule has 0 N–H and O–H groups in total. The first-order valence-electron chi connectivity index (χ1n) is 25.7. The van der Waals surface area contributed by atoms with Crippen LogP contribution in [0.2, 0.25) is 0 Å². The van der Waals surface area contributed by atoms with Gasteiger partial charge in [0.2, 0.25) is 0 Å². The van der Waals surface area contributed by atoms with Gasteiger partial charge in [0, 0.05) is 67.5 Å². The van der Waals surface area contributed by atoms with Gasteiger partial charge in [-0.2, -0.15) is 0 Å². The van der Waals surface area contributed by atoms with E-state index in [-0.39, 0.29) is 5.41 Å². The van der Waals surface area contributed by atoms with Crippen LogP contribution in [0.15, 0.2) is 261 Å². The average molecular weight is 948 g/mol. The Morgan fingerprint density at radius 2 is 0.824 bits per heavy atom. The summed E-state index contributed by atoms with van der Waals surface area (Å²) in [6.07, 6.45) is 0.